The summed E-state index contributed by atoms with van der Waals surface area (Å²) in [4.78, 5) is 31.3. The van der Waals surface area contributed by atoms with E-state index in [-0.39, 0.29) is 22.9 Å². The Kier molecular flexibility index (Phi) is 4.91. The van der Waals surface area contributed by atoms with Crippen molar-refractivity contribution in [1.29, 1.82) is 0 Å². The second-order valence-corrected chi connectivity index (χ2v) is 6.53. The molecule has 0 aliphatic carbocycles. The maximum Gasteiger partial charge on any atom is 0.360 e. The summed E-state index contributed by atoms with van der Waals surface area (Å²) in [6.07, 6.45) is 1.50. The first-order valence-electron chi connectivity index (χ1n) is 8.63. The number of benzene rings is 2. The van der Waals surface area contributed by atoms with Gasteiger partial charge in [0.1, 0.15) is 16.4 Å². The van der Waals surface area contributed by atoms with Crippen LogP contribution in [0.2, 0.25) is 5.15 Å². The summed E-state index contributed by atoms with van der Waals surface area (Å²) in [6.45, 7) is 0.188. The van der Waals surface area contributed by atoms with Gasteiger partial charge in [-0.1, -0.05) is 60.1 Å². The first-order valence-corrected chi connectivity index (χ1v) is 9.00. The molecule has 6 heteroatoms. The molecule has 2 aromatic heterocycles. The molecule has 0 fully saturated rings. The molecule has 0 atom stereocenters. The number of rotatable bonds is 4. The van der Waals surface area contributed by atoms with Crippen LogP contribution in [0.4, 0.5) is 5.69 Å². The van der Waals surface area contributed by atoms with Gasteiger partial charge in [-0.3, -0.25) is 9.69 Å². The van der Waals surface area contributed by atoms with Gasteiger partial charge in [0, 0.05) is 11.6 Å². The number of hydrogen-bond acceptors (Lipinski definition) is 4. The Labute approximate surface area is 165 Å². The fraction of sp³-hybridized carbons (Fsp3) is 0.0455. The van der Waals surface area contributed by atoms with Crippen LogP contribution in [0.3, 0.4) is 0 Å². The number of fused-ring (bicyclic) bond motifs is 1. The third-order valence-electron chi connectivity index (χ3n) is 4.33. The van der Waals surface area contributed by atoms with E-state index in [9.17, 15) is 9.59 Å². The van der Waals surface area contributed by atoms with Crippen molar-refractivity contribution in [3.8, 4) is 0 Å². The first-order chi connectivity index (χ1) is 13.6. The van der Waals surface area contributed by atoms with Crippen molar-refractivity contribution in [1.82, 2.24) is 4.98 Å². The van der Waals surface area contributed by atoms with E-state index in [1.165, 1.54) is 11.1 Å². The molecule has 4 aromatic rings. The van der Waals surface area contributed by atoms with Crippen LogP contribution >= 0.6 is 11.6 Å². The summed E-state index contributed by atoms with van der Waals surface area (Å²) in [5.41, 5.74) is 1.09. The zero-order valence-corrected chi connectivity index (χ0v) is 15.5. The lowest BCUT2D eigenvalue weighted by molar-refractivity contribution is 0.0984. The molecule has 138 valence electrons. The number of pyridine rings is 1. The molecule has 0 saturated carbocycles. The van der Waals surface area contributed by atoms with Gasteiger partial charge in [0.05, 0.1) is 12.1 Å². The van der Waals surface area contributed by atoms with Gasteiger partial charge in [0.25, 0.3) is 5.91 Å². The predicted octanol–water partition coefficient (Wildman–Crippen LogP) is 4.69. The Balaban J connectivity index is 1.86. The van der Waals surface area contributed by atoms with Crippen molar-refractivity contribution in [3.05, 3.63) is 106 Å². The summed E-state index contributed by atoms with van der Waals surface area (Å²) in [6, 6.07) is 21.4. The van der Waals surface area contributed by atoms with Gasteiger partial charge in [-0.15, -0.1) is 0 Å². The molecule has 4 rings (SSSR count). The second-order valence-electron chi connectivity index (χ2n) is 6.18. The molecule has 5 nitrogen and oxygen atoms in total. The van der Waals surface area contributed by atoms with Gasteiger partial charge < -0.3 is 4.42 Å². The lowest BCUT2D eigenvalue weighted by atomic mass is 10.1. The van der Waals surface area contributed by atoms with Gasteiger partial charge in [-0.2, -0.15) is 0 Å². The van der Waals surface area contributed by atoms with E-state index in [0.717, 1.165) is 10.9 Å². The number of aromatic nitrogens is 1. The molecule has 0 N–H and O–H groups in total. The quantitative estimate of drug-likeness (QED) is 0.374. The van der Waals surface area contributed by atoms with Crippen LogP contribution in [-0.4, -0.2) is 10.9 Å². The minimum Gasteiger partial charge on any atom is -0.421 e. The van der Waals surface area contributed by atoms with Gasteiger partial charge >= 0.3 is 5.63 Å². The zero-order chi connectivity index (χ0) is 19.5. The Hall–Kier alpha value is -3.44. The molecule has 0 spiro atoms. The second kappa shape index (κ2) is 7.66. The van der Waals surface area contributed by atoms with Gasteiger partial charge in [-0.05, 0) is 29.8 Å². The van der Waals surface area contributed by atoms with Gasteiger partial charge in [-0.25, -0.2) is 9.78 Å². The van der Waals surface area contributed by atoms with Gasteiger partial charge in [0.2, 0.25) is 0 Å². The fourth-order valence-electron chi connectivity index (χ4n) is 2.96. The predicted molar refractivity (Wildman–Crippen MR) is 109 cm³/mol. The summed E-state index contributed by atoms with van der Waals surface area (Å²) < 4.78 is 5.43. The maximum absolute atomic E-state index is 13.3. The Morgan fingerprint density at radius 3 is 2.54 bits per heavy atom. The average molecular weight is 391 g/mol. The van der Waals surface area contributed by atoms with Crippen molar-refractivity contribution < 1.29 is 9.21 Å². The topological polar surface area (TPSA) is 63.4 Å². The third kappa shape index (κ3) is 3.52. The van der Waals surface area contributed by atoms with Gasteiger partial charge in [0.15, 0.2) is 0 Å². The van der Waals surface area contributed by atoms with Crippen LogP contribution in [0.1, 0.15) is 15.9 Å². The lowest BCUT2D eigenvalue weighted by Crippen LogP contribution is -2.34. The summed E-state index contributed by atoms with van der Waals surface area (Å²) in [7, 11) is 0. The highest BCUT2D eigenvalue weighted by molar-refractivity contribution is 6.33. The SMILES string of the molecule is O=C(c1cccnc1Cl)N(Cc1ccccc1)c1cc2ccccc2oc1=O. The fourth-order valence-corrected chi connectivity index (χ4v) is 3.16. The molecule has 2 heterocycles. The van der Waals surface area contributed by atoms with E-state index in [0.29, 0.717) is 5.58 Å². The third-order valence-corrected chi connectivity index (χ3v) is 4.63. The Bertz CT molecular complexity index is 1210. The molecule has 0 aliphatic rings. The van der Waals surface area contributed by atoms with Crippen molar-refractivity contribution in [2.45, 2.75) is 6.54 Å². The van der Waals surface area contributed by atoms with Crippen LogP contribution in [0, 0.1) is 0 Å². The molecule has 0 radical (unpaired) electrons. The standard InChI is InChI=1S/C22H15ClN2O3/c23-20-17(10-6-12-24-20)21(26)25(14-15-7-2-1-3-8-15)18-13-16-9-4-5-11-19(16)28-22(18)27/h1-13H,14H2. The minimum absolute atomic E-state index is 0.0794. The molecule has 0 saturated heterocycles. The number of carbonyl (C=O) groups is 1. The lowest BCUT2D eigenvalue weighted by Gasteiger charge is -2.22. The smallest absolute Gasteiger partial charge is 0.360 e. The molecule has 1 amide bonds. The number of nitrogens with zero attached hydrogens (tertiary/aromatic N) is 2. The normalized spacial score (nSPS) is 10.8. The summed E-state index contributed by atoms with van der Waals surface area (Å²) in [5, 5.41) is 0.802. The van der Waals surface area contributed by atoms with Crippen molar-refractivity contribution >= 4 is 34.2 Å². The summed E-state index contributed by atoms with van der Waals surface area (Å²) in [5.74, 6) is -0.426. The number of anilines is 1. The summed E-state index contributed by atoms with van der Waals surface area (Å²) >= 11 is 6.13. The van der Waals surface area contributed by atoms with Crippen molar-refractivity contribution in [2.75, 3.05) is 4.90 Å². The van der Waals surface area contributed by atoms with Crippen LogP contribution in [0.25, 0.3) is 11.0 Å². The van der Waals surface area contributed by atoms with Crippen LogP contribution in [0.5, 0.6) is 0 Å². The zero-order valence-electron chi connectivity index (χ0n) is 14.7. The Morgan fingerprint density at radius 1 is 1.00 bits per heavy atom. The molecule has 0 unspecified atom stereocenters. The molecular formula is C22H15ClN2O3. The molecule has 2 aromatic carbocycles. The maximum atomic E-state index is 13.3. The van der Waals surface area contributed by atoms with Crippen LogP contribution in [-0.2, 0) is 6.54 Å². The minimum atomic E-state index is -0.594. The highest BCUT2D eigenvalue weighted by Crippen LogP contribution is 2.23. The van der Waals surface area contributed by atoms with Crippen LogP contribution in [0.15, 0.2) is 88.2 Å². The Morgan fingerprint density at radius 2 is 1.75 bits per heavy atom. The first kappa shape index (κ1) is 17.9. The number of hydrogen-bond donors (Lipinski definition) is 0. The van der Waals surface area contributed by atoms with E-state index < -0.39 is 11.5 Å². The van der Waals surface area contributed by atoms with Crippen molar-refractivity contribution in [3.63, 3.8) is 0 Å². The number of para-hydroxylation sites is 1. The van der Waals surface area contributed by atoms with E-state index in [1.54, 1.807) is 30.3 Å². The molecule has 0 bridgehead atoms. The monoisotopic (exact) mass is 390 g/mol. The van der Waals surface area contributed by atoms with E-state index in [2.05, 4.69) is 4.98 Å². The average Bonchev–Trinajstić information content (AvgIpc) is 2.72. The molecule has 0 aliphatic heterocycles. The number of halogens is 1. The highest BCUT2D eigenvalue weighted by Gasteiger charge is 2.24. The van der Waals surface area contributed by atoms with Crippen molar-refractivity contribution in [2.24, 2.45) is 0 Å². The van der Waals surface area contributed by atoms with E-state index in [1.807, 2.05) is 42.5 Å². The van der Waals surface area contributed by atoms with Crippen LogP contribution < -0.4 is 10.5 Å². The molecular weight excluding hydrogens is 376 g/mol. The van der Waals surface area contributed by atoms with E-state index >= 15 is 0 Å². The highest BCUT2D eigenvalue weighted by atomic mass is 35.5. The number of amides is 1. The molecule has 28 heavy (non-hydrogen) atoms. The number of carbonyl (C=O) groups excluding carboxylic acids is 1. The van der Waals surface area contributed by atoms with E-state index in [4.69, 9.17) is 16.0 Å². The largest absolute Gasteiger partial charge is 0.421 e.